The van der Waals surface area contributed by atoms with E-state index < -0.39 is 0 Å². The van der Waals surface area contributed by atoms with E-state index >= 15 is 0 Å². The van der Waals surface area contributed by atoms with Crippen molar-refractivity contribution in [3.63, 3.8) is 0 Å². The molecule has 4 aromatic rings. The molecule has 0 saturated carbocycles. The van der Waals surface area contributed by atoms with E-state index in [9.17, 15) is 4.79 Å². The van der Waals surface area contributed by atoms with Crippen LogP contribution < -0.4 is 11.1 Å². The molecule has 0 aliphatic rings. The second-order valence-corrected chi connectivity index (χ2v) is 6.95. The van der Waals surface area contributed by atoms with Gasteiger partial charge < -0.3 is 11.1 Å². The van der Waals surface area contributed by atoms with Gasteiger partial charge in [0.2, 0.25) is 0 Å². The van der Waals surface area contributed by atoms with Gasteiger partial charge >= 0.3 is 0 Å². The van der Waals surface area contributed by atoms with Crippen LogP contribution in [0.1, 0.15) is 10.4 Å². The molecule has 1 amide bonds. The topological polar surface area (TPSA) is 68.0 Å². The number of para-hydroxylation sites is 1. The lowest BCUT2D eigenvalue weighted by Crippen LogP contribution is -2.12. The summed E-state index contributed by atoms with van der Waals surface area (Å²) in [5.41, 5.74) is 10.6. The van der Waals surface area contributed by atoms with E-state index in [1.54, 1.807) is 18.2 Å². The van der Waals surface area contributed by atoms with Crippen molar-refractivity contribution in [2.45, 2.75) is 0 Å². The summed E-state index contributed by atoms with van der Waals surface area (Å²) in [4.78, 5) is 17.2. The second-order valence-electron chi connectivity index (χ2n) is 6.55. The molecule has 5 heteroatoms. The molecular formula is C24H18ClN3O. The standard InChI is InChI=1S/C24H18ClN3O/c25-21-12-11-17(13-20(21)24(29)27-19-9-5-2-6-10-19)18-14-22(28-23(26)15-18)16-7-3-1-4-8-16/h1-15H,(H2,26,28)(H,27,29). The van der Waals surface area contributed by atoms with Gasteiger partial charge in [0.25, 0.3) is 5.91 Å². The average Bonchev–Trinajstić information content (AvgIpc) is 2.75. The number of nitrogens with two attached hydrogens (primary N) is 1. The summed E-state index contributed by atoms with van der Waals surface area (Å²) in [5, 5.41) is 3.25. The largest absolute Gasteiger partial charge is 0.384 e. The van der Waals surface area contributed by atoms with Gasteiger partial charge in [-0.05, 0) is 47.5 Å². The van der Waals surface area contributed by atoms with Crippen molar-refractivity contribution in [3.05, 3.63) is 102 Å². The van der Waals surface area contributed by atoms with Crippen molar-refractivity contribution in [3.8, 4) is 22.4 Å². The number of hydrogen-bond donors (Lipinski definition) is 2. The summed E-state index contributed by atoms with van der Waals surface area (Å²) in [6.45, 7) is 0. The molecule has 1 aromatic heterocycles. The Bertz CT molecular complexity index is 1160. The first-order chi connectivity index (χ1) is 14.1. The highest BCUT2D eigenvalue weighted by Gasteiger charge is 2.13. The first-order valence-electron chi connectivity index (χ1n) is 9.09. The Kier molecular flexibility index (Phi) is 5.27. The SMILES string of the molecule is Nc1cc(-c2ccc(Cl)c(C(=O)Nc3ccccc3)c2)cc(-c2ccccc2)n1. The molecule has 0 aliphatic heterocycles. The number of carbonyl (C=O) groups is 1. The molecule has 29 heavy (non-hydrogen) atoms. The van der Waals surface area contributed by atoms with Gasteiger partial charge in [-0.15, -0.1) is 0 Å². The molecule has 4 nitrogen and oxygen atoms in total. The van der Waals surface area contributed by atoms with Crippen LogP contribution in [0.25, 0.3) is 22.4 Å². The summed E-state index contributed by atoms with van der Waals surface area (Å²) in [5.74, 6) is 0.139. The third-order valence-corrected chi connectivity index (χ3v) is 4.82. The smallest absolute Gasteiger partial charge is 0.257 e. The highest BCUT2D eigenvalue weighted by atomic mass is 35.5. The second kappa shape index (κ2) is 8.17. The van der Waals surface area contributed by atoms with Crippen LogP contribution in [0.4, 0.5) is 11.5 Å². The zero-order valence-corrected chi connectivity index (χ0v) is 16.2. The van der Waals surface area contributed by atoms with Crippen LogP contribution in [0.5, 0.6) is 0 Å². The van der Waals surface area contributed by atoms with Crippen molar-refractivity contribution in [1.29, 1.82) is 0 Å². The molecule has 0 bridgehead atoms. The van der Waals surface area contributed by atoms with Gasteiger partial charge in [-0.3, -0.25) is 4.79 Å². The van der Waals surface area contributed by atoms with Gasteiger partial charge in [-0.2, -0.15) is 0 Å². The Morgan fingerprint density at radius 1 is 0.793 bits per heavy atom. The molecule has 0 fully saturated rings. The fourth-order valence-corrected chi connectivity index (χ4v) is 3.28. The Morgan fingerprint density at radius 2 is 1.48 bits per heavy atom. The fraction of sp³-hybridized carbons (Fsp3) is 0. The van der Waals surface area contributed by atoms with Crippen molar-refractivity contribution < 1.29 is 4.79 Å². The Labute approximate surface area is 174 Å². The fourth-order valence-electron chi connectivity index (χ4n) is 3.07. The first-order valence-corrected chi connectivity index (χ1v) is 9.47. The molecule has 3 aromatic carbocycles. The lowest BCUT2D eigenvalue weighted by atomic mass is 10.0. The van der Waals surface area contributed by atoms with E-state index in [-0.39, 0.29) is 5.91 Å². The van der Waals surface area contributed by atoms with Crippen molar-refractivity contribution >= 4 is 29.0 Å². The van der Waals surface area contributed by atoms with E-state index in [0.29, 0.717) is 22.1 Å². The lowest BCUT2D eigenvalue weighted by molar-refractivity contribution is 0.102. The Hall–Kier alpha value is -3.63. The molecule has 0 atom stereocenters. The molecule has 3 N–H and O–H groups in total. The summed E-state index contributed by atoms with van der Waals surface area (Å²) in [6, 6.07) is 28.2. The van der Waals surface area contributed by atoms with Gasteiger partial charge in [-0.25, -0.2) is 4.98 Å². The number of halogens is 1. The quantitative estimate of drug-likeness (QED) is 0.448. The van der Waals surface area contributed by atoms with Crippen LogP contribution in [0.3, 0.4) is 0 Å². The molecule has 0 unspecified atom stereocenters. The van der Waals surface area contributed by atoms with E-state index in [2.05, 4.69) is 10.3 Å². The normalized spacial score (nSPS) is 10.5. The van der Waals surface area contributed by atoms with E-state index in [1.165, 1.54) is 0 Å². The molecule has 0 aliphatic carbocycles. The third-order valence-electron chi connectivity index (χ3n) is 4.49. The minimum absolute atomic E-state index is 0.270. The average molecular weight is 400 g/mol. The zero-order valence-electron chi connectivity index (χ0n) is 15.5. The summed E-state index contributed by atoms with van der Waals surface area (Å²) in [7, 11) is 0. The highest BCUT2D eigenvalue weighted by Crippen LogP contribution is 2.30. The minimum Gasteiger partial charge on any atom is -0.384 e. The summed E-state index contributed by atoms with van der Waals surface area (Å²) < 4.78 is 0. The number of nitrogens with one attached hydrogen (secondary N) is 1. The van der Waals surface area contributed by atoms with Crippen LogP contribution >= 0.6 is 11.6 Å². The Balaban J connectivity index is 1.70. The van der Waals surface area contributed by atoms with Crippen LogP contribution in [0, 0.1) is 0 Å². The van der Waals surface area contributed by atoms with Gasteiger partial charge in [0, 0.05) is 11.3 Å². The van der Waals surface area contributed by atoms with E-state index in [0.717, 1.165) is 22.4 Å². The number of aromatic nitrogens is 1. The van der Waals surface area contributed by atoms with Gasteiger partial charge in [0.05, 0.1) is 16.3 Å². The number of rotatable bonds is 4. The molecule has 0 spiro atoms. The van der Waals surface area contributed by atoms with Gasteiger partial charge in [-0.1, -0.05) is 66.2 Å². The number of nitrogen functional groups attached to an aromatic ring is 1. The molecule has 0 saturated heterocycles. The van der Waals surface area contributed by atoms with Gasteiger partial charge in [0.15, 0.2) is 0 Å². The van der Waals surface area contributed by atoms with Crippen molar-refractivity contribution in [1.82, 2.24) is 4.98 Å². The first kappa shape index (κ1) is 18.7. The molecular weight excluding hydrogens is 382 g/mol. The number of nitrogens with zero attached hydrogens (tertiary/aromatic N) is 1. The number of anilines is 2. The zero-order chi connectivity index (χ0) is 20.2. The molecule has 142 valence electrons. The summed E-state index contributed by atoms with van der Waals surface area (Å²) in [6.07, 6.45) is 0. The van der Waals surface area contributed by atoms with Crippen molar-refractivity contribution in [2.75, 3.05) is 11.1 Å². The maximum atomic E-state index is 12.7. The molecule has 4 rings (SSSR count). The number of hydrogen-bond acceptors (Lipinski definition) is 3. The minimum atomic E-state index is -0.270. The molecule has 1 heterocycles. The monoisotopic (exact) mass is 399 g/mol. The summed E-state index contributed by atoms with van der Waals surface area (Å²) >= 11 is 6.31. The number of carbonyl (C=O) groups excluding carboxylic acids is 1. The van der Waals surface area contributed by atoms with Crippen LogP contribution in [0.15, 0.2) is 91.0 Å². The number of amides is 1. The maximum Gasteiger partial charge on any atom is 0.257 e. The molecule has 0 radical (unpaired) electrons. The maximum absolute atomic E-state index is 12.7. The predicted molar refractivity (Wildman–Crippen MR) is 119 cm³/mol. The highest BCUT2D eigenvalue weighted by molar-refractivity contribution is 6.34. The predicted octanol–water partition coefficient (Wildman–Crippen LogP) is 5.90. The number of pyridine rings is 1. The van der Waals surface area contributed by atoms with E-state index in [1.807, 2.05) is 72.8 Å². The number of benzene rings is 3. The Morgan fingerprint density at radius 3 is 2.21 bits per heavy atom. The lowest BCUT2D eigenvalue weighted by Gasteiger charge is -2.11. The van der Waals surface area contributed by atoms with E-state index in [4.69, 9.17) is 17.3 Å². The van der Waals surface area contributed by atoms with Gasteiger partial charge in [0.1, 0.15) is 5.82 Å². The van der Waals surface area contributed by atoms with Crippen molar-refractivity contribution in [2.24, 2.45) is 0 Å². The van der Waals surface area contributed by atoms with Crippen LogP contribution in [0.2, 0.25) is 5.02 Å². The van der Waals surface area contributed by atoms with Crippen LogP contribution in [-0.4, -0.2) is 10.9 Å². The third kappa shape index (κ3) is 4.28. The van der Waals surface area contributed by atoms with Crippen LogP contribution in [-0.2, 0) is 0 Å².